The molecule has 0 fully saturated rings. The number of carbonyl (C=O) groups excluding carboxylic acids is 1. The zero-order chi connectivity index (χ0) is 12.7. The first-order valence-corrected chi connectivity index (χ1v) is 5.87. The third-order valence-electron chi connectivity index (χ3n) is 2.72. The van der Waals surface area contributed by atoms with Gasteiger partial charge in [0.15, 0.2) is 0 Å². The summed E-state index contributed by atoms with van der Waals surface area (Å²) in [7, 11) is 0. The zero-order valence-electron chi connectivity index (χ0n) is 10.3. The van der Waals surface area contributed by atoms with Crippen LogP contribution in [0.4, 0.5) is 0 Å². The Kier molecular flexibility index (Phi) is 5.22. The molecule has 0 aromatic heterocycles. The summed E-state index contributed by atoms with van der Waals surface area (Å²) in [5, 5.41) is 8.98. The van der Waals surface area contributed by atoms with Gasteiger partial charge in [-0.2, -0.15) is 5.26 Å². The van der Waals surface area contributed by atoms with Gasteiger partial charge in [0.05, 0.1) is 24.2 Å². The molecule has 1 aromatic carbocycles. The molecule has 0 spiro atoms. The van der Waals surface area contributed by atoms with Gasteiger partial charge in [0.25, 0.3) is 0 Å². The fourth-order valence-corrected chi connectivity index (χ4v) is 1.73. The zero-order valence-corrected chi connectivity index (χ0v) is 10.3. The lowest BCUT2D eigenvalue weighted by Crippen LogP contribution is -2.19. The number of hydrogen-bond donors (Lipinski definition) is 0. The molecule has 0 saturated carbocycles. The molecule has 1 atom stereocenters. The van der Waals surface area contributed by atoms with Crippen LogP contribution in [-0.4, -0.2) is 12.6 Å². The molecule has 0 amide bonds. The summed E-state index contributed by atoms with van der Waals surface area (Å²) in [6.07, 6.45) is 1.29. The molecule has 3 heteroatoms. The predicted octanol–water partition coefficient (Wildman–Crippen LogP) is 2.69. The van der Waals surface area contributed by atoms with E-state index in [2.05, 4.69) is 6.07 Å². The second kappa shape index (κ2) is 6.70. The monoisotopic (exact) mass is 231 g/mol. The molecule has 0 radical (unpaired) electrons. The molecular weight excluding hydrogens is 214 g/mol. The van der Waals surface area contributed by atoms with Crippen LogP contribution < -0.4 is 0 Å². The van der Waals surface area contributed by atoms with Crippen molar-refractivity contribution in [3.05, 3.63) is 35.4 Å². The highest BCUT2D eigenvalue weighted by atomic mass is 16.5. The van der Waals surface area contributed by atoms with Gasteiger partial charge < -0.3 is 4.74 Å². The van der Waals surface area contributed by atoms with Crippen molar-refractivity contribution in [2.45, 2.75) is 26.7 Å². The highest BCUT2D eigenvalue weighted by Gasteiger charge is 2.19. The Balaban J connectivity index is 2.81. The number of esters is 1. The molecular formula is C14H17NO2. The van der Waals surface area contributed by atoms with E-state index in [0.717, 1.165) is 12.0 Å². The number of benzene rings is 1. The fraction of sp³-hybridized carbons (Fsp3) is 0.429. The van der Waals surface area contributed by atoms with Crippen LogP contribution in [0.2, 0.25) is 0 Å². The largest absolute Gasteiger partial charge is 0.466 e. The normalized spacial score (nSPS) is 11.6. The van der Waals surface area contributed by atoms with Crippen LogP contribution in [0.3, 0.4) is 0 Å². The first-order chi connectivity index (χ1) is 8.22. The highest BCUT2D eigenvalue weighted by Crippen LogP contribution is 2.17. The number of ether oxygens (including phenoxy) is 1. The fourth-order valence-electron chi connectivity index (χ4n) is 1.73. The first kappa shape index (κ1) is 13.2. The van der Waals surface area contributed by atoms with Crippen molar-refractivity contribution in [1.29, 1.82) is 5.26 Å². The molecule has 0 aliphatic rings. The molecule has 1 aromatic rings. The van der Waals surface area contributed by atoms with Crippen LogP contribution in [0.25, 0.3) is 0 Å². The van der Waals surface area contributed by atoms with E-state index in [1.54, 1.807) is 13.0 Å². The van der Waals surface area contributed by atoms with E-state index in [4.69, 9.17) is 10.00 Å². The Morgan fingerprint density at radius 1 is 1.41 bits per heavy atom. The average molecular weight is 231 g/mol. The van der Waals surface area contributed by atoms with Crippen LogP contribution >= 0.6 is 0 Å². The number of rotatable bonds is 5. The third-order valence-corrected chi connectivity index (χ3v) is 2.72. The molecule has 17 heavy (non-hydrogen) atoms. The second-order valence-corrected chi connectivity index (χ2v) is 3.83. The van der Waals surface area contributed by atoms with Gasteiger partial charge >= 0.3 is 5.97 Å². The maximum absolute atomic E-state index is 11.7. The van der Waals surface area contributed by atoms with Gasteiger partial charge in [-0.15, -0.1) is 0 Å². The number of nitrogens with zero attached hydrogens (tertiary/aromatic N) is 1. The molecule has 1 rings (SSSR count). The Labute approximate surface area is 102 Å². The van der Waals surface area contributed by atoms with E-state index in [0.29, 0.717) is 18.6 Å². The molecule has 0 bridgehead atoms. The van der Waals surface area contributed by atoms with Gasteiger partial charge in [0.2, 0.25) is 0 Å². The molecule has 0 saturated heterocycles. The summed E-state index contributed by atoms with van der Waals surface area (Å²) in [6.45, 7) is 4.15. The van der Waals surface area contributed by atoms with Crippen LogP contribution in [0.5, 0.6) is 0 Å². The second-order valence-electron chi connectivity index (χ2n) is 3.83. The Hall–Kier alpha value is -1.82. The van der Waals surface area contributed by atoms with E-state index in [1.807, 2.05) is 25.1 Å². The molecule has 1 unspecified atom stereocenters. The van der Waals surface area contributed by atoms with Gasteiger partial charge in [-0.25, -0.2) is 0 Å². The van der Waals surface area contributed by atoms with E-state index in [1.165, 1.54) is 0 Å². The van der Waals surface area contributed by atoms with Crippen LogP contribution in [0.15, 0.2) is 24.3 Å². The van der Waals surface area contributed by atoms with E-state index < -0.39 is 0 Å². The Bertz CT molecular complexity index is 420. The quantitative estimate of drug-likeness (QED) is 0.732. The number of nitriles is 1. The highest BCUT2D eigenvalue weighted by molar-refractivity contribution is 5.72. The summed E-state index contributed by atoms with van der Waals surface area (Å²) in [5.41, 5.74) is 1.55. The smallest absolute Gasteiger partial charge is 0.309 e. The van der Waals surface area contributed by atoms with Gasteiger partial charge in [-0.1, -0.05) is 25.1 Å². The van der Waals surface area contributed by atoms with Crippen LogP contribution in [0, 0.1) is 17.2 Å². The van der Waals surface area contributed by atoms with Crippen molar-refractivity contribution in [3.63, 3.8) is 0 Å². The summed E-state index contributed by atoms with van der Waals surface area (Å²) in [4.78, 5) is 11.7. The van der Waals surface area contributed by atoms with Crippen molar-refractivity contribution in [1.82, 2.24) is 0 Å². The lowest BCUT2D eigenvalue weighted by Gasteiger charge is -2.14. The number of hydrogen-bond acceptors (Lipinski definition) is 3. The van der Waals surface area contributed by atoms with E-state index in [9.17, 15) is 4.79 Å². The maximum Gasteiger partial charge on any atom is 0.309 e. The predicted molar refractivity (Wildman–Crippen MR) is 65.3 cm³/mol. The van der Waals surface area contributed by atoms with Gasteiger partial charge in [-0.05, 0) is 31.4 Å². The topological polar surface area (TPSA) is 50.1 Å². The summed E-state index contributed by atoms with van der Waals surface area (Å²) < 4.78 is 5.02. The summed E-state index contributed by atoms with van der Waals surface area (Å²) >= 11 is 0. The minimum atomic E-state index is -0.178. The van der Waals surface area contributed by atoms with Crippen molar-refractivity contribution < 1.29 is 9.53 Å². The first-order valence-electron chi connectivity index (χ1n) is 5.87. The minimum Gasteiger partial charge on any atom is -0.466 e. The minimum absolute atomic E-state index is 0.163. The van der Waals surface area contributed by atoms with Gasteiger partial charge in [0.1, 0.15) is 0 Å². The van der Waals surface area contributed by atoms with Crippen molar-refractivity contribution in [3.8, 4) is 6.07 Å². The standard InChI is InChI=1S/C14H17NO2/c1-3-11(14(16)17-4-2)9-12-7-5-6-8-13(12)10-15/h5-8,11H,3-4,9H2,1-2H3. The van der Waals surface area contributed by atoms with E-state index >= 15 is 0 Å². The molecule has 0 N–H and O–H groups in total. The van der Waals surface area contributed by atoms with Crippen LogP contribution in [0.1, 0.15) is 31.4 Å². The Morgan fingerprint density at radius 3 is 2.71 bits per heavy atom. The lowest BCUT2D eigenvalue weighted by atomic mass is 9.94. The third kappa shape index (κ3) is 3.60. The molecule has 90 valence electrons. The average Bonchev–Trinajstić information content (AvgIpc) is 2.36. The van der Waals surface area contributed by atoms with Crippen LogP contribution in [-0.2, 0) is 16.0 Å². The molecule has 3 nitrogen and oxygen atoms in total. The summed E-state index contributed by atoms with van der Waals surface area (Å²) in [6, 6.07) is 9.51. The SMILES string of the molecule is CCOC(=O)C(CC)Cc1ccccc1C#N. The summed E-state index contributed by atoms with van der Waals surface area (Å²) in [5.74, 6) is -0.341. The van der Waals surface area contributed by atoms with Gasteiger partial charge in [-0.3, -0.25) is 4.79 Å². The van der Waals surface area contributed by atoms with Crippen molar-refractivity contribution in [2.75, 3.05) is 6.61 Å². The van der Waals surface area contributed by atoms with Crippen molar-refractivity contribution >= 4 is 5.97 Å². The van der Waals surface area contributed by atoms with E-state index in [-0.39, 0.29) is 11.9 Å². The van der Waals surface area contributed by atoms with Crippen molar-refractivity contribution in [2.24, 2.45) is 5.92 Å². The molecule has 0 aliphatic carbocycles. The Morgan fingerprint density at radius 2 is 2.12 bits per heavy atom. The lowest BCUT2D eigenvalue weighted by molar-refractivity contribution is -0.148. The molecule has 0 aliphatic heterocycles. The molecule has 0 heterocycles. The van der Waals surface area contributed by atoms with Gasteiger partial charge in [0, 0.05) is 0 Å². The number of carbonyl (C=O) groups is 1. The maximum atomic E-state index is 11.7.